The summed E-state index contributed by atoms with van der Waals surface area (Å²) in [5, 5.41) is 11.1. The van der Waals surface area contributed by atoms with E-state index in [9.17, 15) is 9.59 Å². The average Bonchev–Trinajstić information content (AvgIpc) is 2.44. The Kier molecular flexibility index (Phi) is 7.22. The molecule has 1 N–H and O–H groups in total. The van der Waals surface area contributed by atoms with Gasteiger partial charge in [0.25, 0.3) is 0 Å². The summed E-state index contributed by atoms with van der Waals surface area (Å²) < 4.78 is 4.93. The van der Waals surface area contributed by atoms with Gasteiger partial charge in [0, 0.05) is 12.2 Å². The van der Waals surface area contributed by atoms with E-state index in [-0.39, 0.29) is 18.3 Å². The number of para-hydroxylation sites is 1. The van der Waals surface area contributed by atoms with Crippen LogP contribution >= 0.6 is 11.8 Å². The fraction of sp³-hybridized carbons (Fsp3) is 0.357. The van der Waals surface area contributed by atoms with Gasteiger partial charge in [0.1, 0.15) is 0 Å². The summed E-state index contributed by atoms with van der Waals surface area (Å²) in [5.41, 5.74) is 0.779. The minimum Gasteiger partial charge on any atom is -0.462 e. The highest BCUT2D eigenvalue weighted by Crippen LogP contribution is 2.16. The fourth-order valence-corrected chi connectivity index (χ4v) is 2.09. The van der Waals surface area contributed by atoms with Crippen LogP contribution in [0.5, 0.6) is 0 Å². The maximum absolute atomic E-state index is 11.7. The number of benzene rings is 1. The third-order valence-corrected chi connectivity index (χ3v) is 3.25. The number of nitrogens with one attached hydrogen (secondary N) is 1. The number of hydrogen-bond acceptors (Lipinski definition) is 5. The number of thioether (sulfide) groups is 1. The number of hydrogen-bond donors (Lipinski definition) is 1. The molecule has 1 amide bonds. The number of carbonyl (C=O) groups excluding carboxylic acids is 2. The number of nitriles is 1. The molecule has 0 bridgehead atoms. The summed E-state index contributed by atoms with van der Waals surface area (Å²) in [7, 11) is 0. The summed E-state index contributed by atoms with van der Waals surface area (Å²) in [5.74, 6) is 0.202. The Hall–Kier alpha value is -2.00. The molecule has 0 aliphatic carbocycles. The Morgan fingerprint density at radius 2 is 2.15 bits per heavy atom. The molecule has 0 aliphatic rings. The SMILES string of the molecule is CCOC(=O)c1ccccc1NC(=O)CSCCC#N. The normalized spacial score (nSPS) is 9.60. The van der Waals surface area contributed by atoms with Crippen molar-refractivity contribution in [2.75, 3.05) is 23.4 Å². The van der Waals surface area contributed by atoms with Crippen molar-refractivity contribution < 1.29 is 14.3 Å². The lowest BCUT2D eigenvalue weighted by molar-refractivity contribution is -0.113. The first kappa shape index (κ1) is 16.1. The smallest absolute Gasteiger partial charge is 0.340 e. The zero-order chi connectivity index (χ0) is 14.8. The molecule has 20 heavy (non-hydrogen) atoms. The molecule has 1 rings (SSSR count). The van der Waals surface area contributed by atoms with Crippen molar-refractivity contribution in [3.05, 3.63) is 29.8 Å². The number of rotatable bonds is 7. The third-order valence-electron chi connectivity index (χ3n) is 2.29. The Morgan fingerprint density at radius 3 is 2.85 bits per heavy atom. The van der Waals surface area contributed by atoms with Gasteiger partial charge in [0.2, 0.25) is 5.91 Å². The Balaban J connectivity index is 2.61. The molecule has 0 heterocycles. The molecule has 6 heteroatoms. The maximum atomic E-state index is 11.7. The van der Waals surface area contributed by atoms with E-state index < -0.39 is 5.97 Å². The number of esters is 1. The van der Waals surface area contributed by atoms with Gasteiger partial charge in [-0.05, 0) is 19.1 Å². The average molecular weight is 292 g/mol. The molecule has 0 atom stereocenters. The van der Waals surface area contributed by atoms with Crippen LogP contribution in [0.2, 0.25) is 0 Å². The van der Waals surface area contributed by atoms with E-state index in [0.717, 1.165) is 0 Å². The van der Waals surface area contributed by atoms with Gasteiger partial charge < -0.3 is 10.1 Å². The molecule has 1 aromatic rings. The number of ether oxygens (including phenoxy) is 1. The summed E-state index contributed by atoms with van der Waals surface area (Å²) in [6.45, 7) is 2.01. The summed E-state index contributed by atoms with van der Waals surface area (Å²) in [4.78, 5) is 23.5. The summed E-state index contributed by atoms with van der Waals surface area (Å²) in [6.07, 6.45) is 0.414. The predicted octanol–water partition coefficient (Wildman–Crippen LogP) is 2.45. The van der Waals surface area contributed by atoms with Crippen LogP contribution in [0.3, 0.4) is 0 Å². The van der Waals surface area contributed by atoms with Gasteiger partial charge >= 0.3 is 5.97 Å². The second-order valence-electron chi connectivity index (χ2n) is 3.77. The Labute approximate surface area is 122 Å². The van der Waals surface area contributed by atoms with Gasteiger partial charge in [-0.15, -0.1) is 0 Å². The second-order valence-corrected chi connectivity index (χ2v) is 4.88. The lowest BCUT2D eigenvalue weighted by atomic mass is 10.2. The van der Waals surface area contributed by atoms with Crippen LogP contribution in [-0.4, -0.2) is 30.0 Å². The molecule has 0 aromatic heterocycles. The number of nitrogens with zero attached hydrogens (tertiary/aromatic N) is 1. The minimum atomic E-state index is -0.458. The molecule has 0 saturated heterocycles. The van der Waals surface area contributed by atoms with Gasteiger partial charge in [0.05, 0.1) is 29.7 Å². The highest BCUT2D eigenvalue weighted by molar-refractivity contribution is 7.99. The van der Waals surface area contributed by atoms with Gasteiger partial charge in [-0.25, -0.2) is 4.79 Å². The zero-order valence-corrected chi connectivity index (χ0v) is 12.0. The van der Waals surface area contributed by atoms with Crippen LogP contribution in [0, 0.1) is 11.3 Å². The van der Waals surface area contributed by atoms with Gasteiger partial charge in [-0.3, -0.25) is 4.79 Å². The second kappa shape index (κ2) is 8.99. The van der Waals surface area contributed by atoms with Crippen molar-refractivity contribution in [1.29, 1.82) is 5.26 Å². The van der Waals surface area contributed by atoms with Gasteiger partial charge in [0.15, 0.2) is 0 Å². The van der Waals surface area contributed by atoms with Crippen molar-refractivity contribution in [3.8, 4) is 6.07 Å². The van der Waals surface area contributed by atoms with E-state index in [1.54, 1.807) is 31.2 Å². The maximum Gasteiger partial charge on any atom is 0.340 e. The zero-order valence-electron chi connectivity index (χ0n) is 11.2. The van der Waals surface area contributed by atoms with Crippen LogP contribution in [0.25, 0.3) is 0 Å². The van der Waals surface area contributed by atoms with Gasteiger partial charge in [-0.1, -0.05) is 12.1 Å². The first-order valence-electron chi connectivity index (χ1n) is 6.19. The van der Waals surface area contributed by atoms with E-state index in [4.69, 9.17) is 10.00 Å². The Morgan fingerprint density at radius 1 is 1.40 bits per heavy atom. The monoisotopic (exact) mass is 292 g/mol. The highest BCUT2D eigenvalue weighted by Gasteiger charge is 2.13. The van der Waals surface area contributed by atoms with Crippen molar-refractivity contribution in [2.45, 2.75) is 13.3 Å². The van der Waals surface area contributed by atoms with E-state index >= 15 is 0 Å². The first-order valence-corrected chi connectivity index (χ1v) is 7.35. The van der Waals surface area contributed by atoms with E-state index in [1.165, 1.54) is 11.8 Å². The van der Waals surface area contributed by atoms with Crippen LogP contribution in [0.4, 0.5) is 5.69 Å². The molecular weight excluding hydrogens is 276 g/mol. The van der Waals surface area contributed by atoms with Crippen LogP contribution in [0.15, 0.2) is 24.3 Å². The molecule has 0 aliphatic heterocycles. The van der Waals surface area contributed by atoms with E-state index in [1.807, 2.05) is 6.07 Å². The van der Waals surface area contributed by atoms with Gasteiger partial charge in [-0.2, -0.15) is 17.0 Å². The van der Waals surface area contributed by atoms with Crippen LogP contribution in [-0.2, 0) is 9.53 Å². The predicted molar refractivity (Wildman–Crippen MR) is 78.6 cm³/mol. The fourth-order valence-electron chi connectivity index (χ4n) is 1.45. The molecule has 5 nitrogen and oxygen atoms in total. The number of anilines is 1. The summed E-state index contributed by atoms with van der Waals surface area (Å²) in [6, 6.07) is 8.73. The summed E-state index contributed by atoms with van der Waals surface area (Å²) >= 11 is 1.38. The Bertz CT molecular complexity index is 511. The topological polar surface area (TPSA) is 79.2 Å². The molecular formula is C14H16N2O3S. The lowest BCUT2D eigenvalue weighted by Crippen LogP contribution is -2.17. The number of amides is 1. The third kappa shape index (κ3) is 5.33. The molecule has 0 radical (unpaired) electrons. The quantitative estimate of drug-likeness (QED) is 0.617. The van der Waals surface area contributed by atoms with Crippen molar-refractivity contribution in [2.24, 2.45) is 0 Å². The molecule has 0 spiro atoms. The highest BCUT2D eigenvalue weighted by atomic mass is 32.2. The number of carbonyl (C=O) groups is 2. The van der Waals surface area contributed by atoms with E-state index in [2.05, 4.69) is 5.32 Å². The van der Waals surface area contributed by atoms with Crippen molar-refractivity contribution in [1.82, 2.24) is 0 Å². The minimum absolute atomic E-state index is 0.204. The molecule has 0 unspecified atom stereocenters. The first-order chi connectivity index (χ1) is 9.69. The molecule has 0 saturated carbocycles. The van der Waals surface area contributed by atoms with E-state index in [0.29, 0.717) is 23.4 Å². The van der Waals surface area contributed by atoms with Crippen molar-refractivity contribution in [3.63, 3.8) is 0 Å². The lowest BCUT2D eigenvalue weighted by Gasteiger charge is -2.10. The van der Waals surface area contributed by atoms with Crippen LogP contribution in [0.1, 0.15) is 23.7 Å². The van der Waals surface area contributed by atoms with Crippen molar-refractivity contribution >= 4 is 29.3 Å². The molecule has 0 fully saturated rings. The molecule has 106 valence electrons. The molecule has 1 aromatic carbocycles. The van der Waals surface area contributed by atoms with Crippen LogP contribution < -0.4 is 5.32 Å². The largest absolute Gasteiger partial charge is 0.462 e. The standard InChI is InChI=1S/C14H16N2O3S/c1-2-19-14(18)11-6-3-4-7-12(11)16-13(17)10-20-9-5-8-15/h3-4,6-7H,2,5,9-10H2,1H3,(H,16,17).